The second kappa shape index (κ2) is 8.73. The molecule has 1 saturated heterocycles. The monoisotopic (exact) mass is 332 g/mol. The van der Waals surface area contributed by atoms with Gasteiger partial charge in [0.05, 0.1) is 7.11 Å². The van der Waals surface area contributed by atoms with Gasteiger partial charge in [-0.2, -0.15) is 0 Å². The van der Waals surface area contributed by atoms with Crippen molar-refractivity contribution in [3.05, 3.63) is 0 Å². The molecule has 0 radical (unpaired) electrons. The summed E-state index contributed by atoms with van der Waals surface area (Å²) in [5, 5.41) is 6.33. The number of esters is 1. The standard InChI is InChI=1S/C16H28N2O3.ClH/c1-12(13-5-9-17-10-6-13)11-14(19)18-16(15(20)21-2)7-3-4-8-16;/h12-13,17H,3-11H2,1-2H3,(H,18,19);1H. The van der Waals surface area contributed by atoms with Gasteiger partial charge in [0.15, 0.2) is 0 Å². The van der Waals surface area contributed by atoms with Crippen LogP contribution in [-0.2, 0) is 14.3 Å². The van der Waals surface area contributed by atoms with Crippen LogP contribution in [0.5, 0.6) is 0 Å². The zero-order chi connectivity index (χ0) is 15.3. The van der Waals surface area contributed by atoms with E-state index in [0.717, 1.165) is 38.8 Å². The summed E-state index contributed by atoms with van der Waals surface area (Å²) in [4.78, 5) is 24.4. The third-order valence-electron chi connectivity index (χ3n) is 5.11. The van der Waals surface area contributed by atoms with Crippen molar-refractivity contribution in [3.63, 3.8) is 0 Å². The van der Waals surface area contributed by atoms with Crippen LogP contribution in [0.1, 0.15) is 51.9 Å². The maximum atomic E-state index is 12.3. The number of methoxy groups -OCH3 is 1. The van der Waals surface area contributed by atoms with E-state index in [2.05, 4.69) is 17.6 Å². The van der Waals surface area contributed by atoms with E-state index >= 15 is 0 Å². The fourth-order valence-electron chi connectivity index (χ4n) is 3.74. The molecule has 128 valence electrons. The van der Waals surface area contributed by atoms with Gasteiger partial charge >= 0.3 is 5.97 Å². The smallest absolute Gasteiger partial charge is 0.331 e. The Morgan fingerprint density at radius 3 is 2.41 bits per heavy atom. The second-order valence-corrected chi connectivity index (χ2v) is 6.60. The molecule has 1 amide bonds. The number of rotatable bonds is 5. The molecule has 1 atom stereocenters. The normalized spacial score (nSPS) is 22.5. The van der Waals surface area contributed by atoms with Gasteiger partial charge in [-0.05, 0) is 50.6 Å². The van der Waals surface area contributed by atoms with Crippen LogP contribution in [0.15, 0.2) is 0 Å². The van der Waals surface area contributed by atoms with Crippen LogP contribution >= 0.6 is 12.4 Å². The summed E-state index contributed by atoms with van der Waals surface area (Å²) in [6.07, 6.45) is 6.12. The number of amides is 1. The van der Waals surface area contributed by atoms with Gasteiger partial charge in [0.2, 0.25) is 5.91 Å². The number of ether oxygens (including phenoxy) is 1. The number of hydrogen-bond acceptors (Lipinski definition) is 4. The molecular formula is C16H29ClN2O3. The third-order valence-corrected chi connectivity index (χ3v) is 5.11. The Bertz CT molecular complexity index is 378. The maximum Gasteiger partial charge on any atom is 0.331 e. The van der Waals surface area contributed by atoms with Crippen molar-refractivity contribution in [2.45, 2.75) is 57.4 Å². The molecule has 2 rings (SSSR count). The summed E-state index contributed by atoms with van der Waals surface area (Å²) in [5.74, 6) is 0.675. The Morgan fingerprint density at radius 1 is 1.27 bits per heavy atom. The predicted octanol–water partition coefficient (Wildman–Crippen LogP) is 2.04. The molecule has 0 spiro atoms. The molecular weight excluding hydrogens is 304 g/mol. The van der Waals surface area contributed by atoms with Crippen LogP contribution < -0.4 is 10.6 Å². The third kappa shape index (κ3) is 4.59. The van der Waals surface area contributed by atoms with Crippen molar-refractivity contribution in [2.24, 2.45) is 11.8 Å². The first kappa shape index (κ1) is 19.2. The molecule has 1 aliphatic carbocycles. The highest BCUT2D eigenvalue weighted by Crippen LogP contribution is 2.31. The molecule has 5 nitrogen and oxygen atoms in total. The maximum absolute atomic E-state index is 12.3. The number of carbonyl (C=O) groups is 2. The highest BCUT2D eigenvalue weighted by molar-refractivity contribution is 5.88. The number of nitrogens with one attached hydrogen (secondary N) is 2. The highest BCUT2D eigenvalue weighted by atomic mass is 35.5. The second-order valence-electron chi connectivity index (χ2n) is 6.60. The zero-order valence-corrected chi connectivity index (χ0v) is 14.5. The van der Waals surface area contributed by atoms with Gasteiger partial charge in [0.1, 0.15) is 5.54 Å². The highest BCUT2D eigenvalue weighted by Gasteiger charge is 2.43. The van der Waals surface area contributed by atoms with Crippen molar-refractivity contribution >= 4 is 24.3 Å². The molecule has 2 N–H and O–H groups in total. The van der Waals surface area contributed by atoms with Crippen LogP contribution in [-0.4, -0.2) is 37.6 Å². The van der Waals surface area contributed by atoms with E-state index in [9.17, 15) is 9.59 Å². The summed E-state index contributed by atoms with van der Waals surface area (Å²) in [6.45, 7) is 4.24. The summed E-state index contributed by atoms with van der Waals surface area (Å²) in [7, 11) is 1.40. The Labute approximate surface area is 139 Å². The lowest BCUT2D eigenvalue weighted by molar-refractivity contribution is -0.151. The minimum absolute atomic E-state index is 0. The van der Waals surface area contributed by atoms with E-state index < -0.39 is 5.54 Å². The Hall–Kier alpha value is -0.810. The number of piperidine rings is 1. The van der Waals surface area contributed by atoms with E-state index in [4.69, 9.17) is 4.74 Å². The van der Waals surface area contributed by atoms with Gasteiger partial charge in [-0.25, -0.2) is 4.79 Å². The SMILES string of the molecule is COC(=O)C1(NC(=O)CC(C)C2CCNCC2)CCCC1.Cl. The lowest BCUT2D eigenvalue weighted by atomic mass is 9.83. The van der Waals surface area contributed by atoms with Crippen LogP contribution in [0.25, 0.3) is 0 Å². The quantitative estimate of drug-likeness (QED) is 0.756. The molecule has 0 aromatic rings. The van der Waals surface area contributed by atoms with Crippen molar-refractivity contribution in [1.29, 1.82) is 0 Å². The van der Waals surface area contributed by atoms with Gasteiger partial charge in [0, 0.05) is 6.42 Å². The molecule has 2 aliphatic rings. The summed E-state index contributed by atoms with van der Waals surface area (Å²) >= 11 is 0. The van der Waals surface area contributed by atoms with Crippen LogP contribution in [0, 0.1) is 11.8 Å². The van der Waals surface area contributed by atoms with E-state index in [0.29, 0.717) is 31.1 Å². The molecule has 0 bridgehead atoms. The van der Waals surface area contributed by atoms with Crippen molar-refractivity contribution in [2.75, 3.05) is 20.2 Å². The fraction of sp³-hybridized carbons (Fsp3) is 0.875. The predicted molar refractivity (Wildman–Crippen MR) is 88.0 cm³/mol. The fourth-order valence-corrected chi connectivity index (χ4v) is 3.74. The summed E-state index contributed by atoms with van der Waals surface area (Å²) in [6, 6.07) is 0. The van der Waals surface area contributed by atoms with Gasteiger partial charge in [-0.3, -0.25) is 4.79 Å². The molecule has 22 heavy (non-hydrogen) atoms. The number of carbonyl (C=O) groups excluding carboxylic acids is 2. The van der Waals surface area contributed by atoms with Gasteiger partial charge < -0.3 is 15.4 Å². The van der Waals surface area contributed by atoms with E-state index in [1.165, 1.54) is 7.11 Å². The minimum Gasteiger partial charge on any atom is -0.467 e. The first-order chi connectivity index (χ1) is 10.1. The lowest BCUT2D eigenvalue weighted by Crippen LogP contribution is -2.53. The van der Waals surface area contributed by atoms with E-state index in [1.807, 2.05) is 0 Å². The molecule has 2 fully saturated rings. The molecule has 0 aromatic heterocycles. The lowest BCUT2D eigenvalue weighted by Gasteiger charge is -2.30. The summed E-state index contributed by atoms with van der Waals surface area (Å²) < 4.78 is 4.90. The van der Waals surface area contributed by atoms with Crippen LogP contribution in [0.3, 0.4) is 0 Å². The largest absolute Gasteiger partial charge is 0.467 e. The van der Waals surface area contributed by atoms with Gasteiger partial charge in [0.25, 0.3) is 0 Å². The van der Waals surface area contributed by atoms with E-state index in [-0.39, 0.29) is 24.3 Å². The topological polar surface area (TPSA) is 67.4 Å². The minimum atomic E-state index is -0.764. The zero-order valence-electron chi connectivity index (χ0n) is 13.7. The molecule has 1 heterocycles. The average molecular weight is 333 g/mol. The first-order valence-corrected chi connectivity index (χ1v) is 8.17. The molecule has 0 aromatic carbocycles. The summed E-state index contributed by atoms with van der Waals surface area (Å²) in [5.41, 5.74) is -0.764. The Balaban J connectivity index is 0.00000242. The number of halogens is 1. The average Bonchev–Trinajstić information content (AvgIpc) is 2.96. The van der Waals surface area contributed by atoms with Gasteiger partial charge in [-0.15, -0.1) is 12.4 Å². The van der Waals surface area contributed by atoms with E-state index in [1.54, 1.807) is 0 Å². The first-order valence-electron chi connectivity index (χ1n) is 8.17. The molecule has 1 unspecified atom stereocenters. The molecule has 1 aliphatic heterocycles. The number of hydrogen-bond donors (Lipinski definition) is 2. The molecule has 1 saturated carbocycles. The van der Waals surface area contributed by atoms with Crippen molar-refractivity contribution in [1.82, 2.24) is 10.6 Å². The molecule has 6 heteroatoms. The van der Waals surface area contributed by atoms with Crippen LogP contribution in [0.2, 0.25) is 0 Å². The van der Waals surface area contributed by atoms with Crippen LogP contribution in [0.4, 0.5) is 0 Å². The van der Waals surface area contributed by atoms with Crippen molar-refractivity contribution in [3.8, 4) is 0 Å². The Kier molecular flexibility index (Phi) is 7.63. The Morgan fingerprint density at radius 2 is 1.86 bits per heavy atom. The van der Waals surface area contributed by atoms with Crippen molar-refractivity contribution < 1.29 is 14.3 Å². The van der Waals surface area contributed by atoms with Gasteiger partial charge in [-0.1, -0.05) is 19.8 Å².